The molecule has 0 aliphatic carbocycles. The quantitative estimate of drug-likeness (QED) is 0.771. The minimum Gasteiger partial charge on any atom is -0.480 e. The van der Waals surface area contributed by atoms with E-state index < -0.39 is 33.0 Å². The van der Waals surface area contributed by atoms with E-state index in [9.17, 15) is 18.0 Å². The molecule has 1 amide bonds. The molecular formula is C10H14N2O6S. The van der Waals surface area contributed by atoms with Crippen LogP contribution in [-0.2, 0) is 14.8 Å². The van der Waals surface area contributed by atoms with Gasteiger partial charge in [-0.3, -0.25) is 4.79 Å². The SMILES string of the molecule is CNS(=O)(=O)c1ccc(C(=O)N(C)C(C)C(=O)O)o1. The predicted octanol–water partition coefficient (Wildman–Crippen LogP) is -0.267. The number of likely N-dealkylation sites (N-methyl/N-ethyl adjacent to an activating group) is 1. The zero-order valence-electron chi connectivity index (χ0n) is 10.6. The van der Waals surface area contributed by atoms with Crippen molar-refractivity contribution in [2.24, 2.45) is 0 Å². The third-order valence-corrected chi connectivity index (χ3v) is 3.87. The van der Waals surface area contributed by atoms with E-state index in [0.29, 0.717) is 0 Å². The molecule has 0 spiro atoms. The van der Waals surface area contributed by atoms with Crippen molar-refractivity contribution in [2.75, 3.05) is 14.1 Å². The number of aliphatic carboxylic acids is 1. The van der Waals surface area contributed by atoms with Crippen molar-refractivity contribution in [2.45, 2.75) is 18.1 Å². The first-order valence-electron chi connectivity index (χ1n) is 5.24. The largest absolute Gasteiger partial charge is 0.480 e. The molecule has 1 atom stereocenters. The van der Waals surface area contributed by atoms with Gasteiger partial charge in [-0.2, -0.15) is 0 Å². The smallest absolute Gasteiger partial charge is 0.326 e. The molecule has 8 nitrogen and oxygen atoms in total. The maximum atomic E-state index is 11.9. The van der Waals surface area contributed by atoms with Gasteiger partial charge in [0.1, 0.15) is 6.04 Å². The van der Waals surface area contributed by atoms with E-state index in [1.54, 1.807) is 0 Å². The van der Waals surface area contributed by atoms with Gasteiger partial charge >= 0.3 is 5.97 Å². The number of rotatable bonds is 5. The van der Waals surface area contributed by atoms with Crippen LogP contribution in [0.5, 0.6) is 0 Å². The number of carbonyl (C=O) groups excluding carboxylic acids is 1. The molecule has 1 rings (SSSR count). The van der Waals surface area contributed by atoms with Crippen LogP contribution in [0.2, 0.25) is 0 Å². The Morgan fingerprint density at radius 2 is 2.00 bits per heavy atom. The molecule has 0 saturated heterocycles. The molecule has 0 fully saturated rings. The average molecular weight is 290 g/mol. The highest BCUT2D eigenvalue weighted by Crippen LogP contribution is 2.15. The summed E-state index contributed by atoms with van der Waals surface area (Å²) in [6, 6.07) is 1.25. The summed E-state index contributed by atoms with van der Waals surface area (Å²) in [4.78, 5) is 23.6. The molecule has 1 heterocycles. The number of carbonyl (C=O) groups is 2. The minimum atomic E-state index is -3.78. The van der Waals surface area contributed by atoms with Crippen molar-refractivity contribution < 1.29 is 27.5 Å². The second kappa shape index (κ2) is 5.41. The zero-order valence-corrected chi connectivity index (χ0v) is 11.4. The lowest BCUT2D eigenvalue weighted by molar-refractivity contribution is -0.141. The Morgan fingerprint density at radius 1 is 1.42 bits per heavy atom. The van der Waals surface area contributed by atoms with Crippen molar-refractivity contribution in [3.05, 3.63) is 17.9 Å². The number of hydrogen-bond acceptors (Lipinski definition) is 5. The summed E-state index contributed by atoms with van der Waals surface area (Å²) in [7, 11) is -1.28. The number of hydrogen-bond donors (Lipinski definition) is 2. The first kappa shape index (κ1) is 15.2. The van der Waals surface area contributed by atoms with Gasteiger partial charge in [0.05, 0.1) is 0 Å². The highest BCUT2D eigenvalue weighted by molar-refractivity contribution is 7.89. The van der Waals surface area contributed by atoms with Crippen LogP contribution < -0.4 is 4.72 Å². The Hall–Kier alpha value is -1.87. The number of amides is 1. The van der Waals surface area contributed by atoms with Gasteiger partial charge < -0.3 is 14.4 Å². The number of nitrogens with zero attached hydrogens (tertiary/aromatic N) is 1. The lowest BCUT2D eigenvalue weighted by Crippen LogP contribution is -2.40. The first-order valence-corrected chi connectivity index (χ1v) is 6.72. The van der Waals surface area contributed by atoms with Gasteiger partial charge in [-0.1, -0.05) is 0 Å². The van der Waals surface area contributed by atoms with Gasteiger partial charge in [0.15, 0.2) is 5.76 Å². The zero-order chi connectivity index (χ0) is 14.8. The average Bonchev–Trinajstić information content (AvgIpc) is 2.86. The Kier molecular flexibility index (Phi) is 4.32. The Morgan fingerprint density at radius 3 is 2.47 bits per heavy atom. The summed E-state index contributed by atoms with van der Waals surface area (Å²) >= 11 is 0. The number of nitrogens with one attached hydrogen (secondary N) is 1. The van der Waals surface area contributed by atoms with E-state index in [2.05, 4.69) is 0 Å². The van der Waals surface area contributed by atoms with Gasteiger partial charge in [-0.25, -0.2) is 17.9 Å². The molecule has 0 aliphatic rings. The summed E-state index contributed by atoms with van der Waals surface area (Å²) in [6.45, 7) is 1.33. The fourth-order valence-electron chi connectivity index (χ4n) is 1.20. The van der Waals surface area contributed by atoms with Crippen LogP contribution in [0.4, 0.5) is 0 Å². The van der Waals surface area contributed by atoms with Crippen molar-refractivity contribution in [1.82, 2.24) is 9.62 Å². The second-order valence-corrected chi connectivity index (χ2v) is 5.57. The van der Waals surface area contributed by atoms with Crippen LogP contribution in [0.3, 0.4) is 0 Å². The van der Waals surface area contributed by atoms with Crippen molar-refractivity contribution >= 4 is 21.9 Å². The third-order valence-electron chi connectivity index (χ3n) is 2.58. The monoisotopic (exact) mass is 290 g/mol. The molecule has 0 aliphatic heterocycles. The molecule has 0 bridgehead atoms. The van der Waals surface area contributed by atoms with E-state index in [4.69, 9.17) is 9.52 Å². The fraction of sp³-hybridized carbons (Fsp3) is 0.400. The molecule has 1 aromatic heterocycles. The molecule has 0 radical (unpaired) electrons. The minimum absolute atomic E-state index is 0.246. The number of sulfonamides is 1. The van der Waals surface area contributed by atoms with Crippen molar-refractivity contribution in [3.8, 4) is 0 Å². The molecule has 1 unspecified atom stereocenters. The predicted molar refractivity (Wildman–Crippen MR) is 64.1 cm³/mol. The van der Waals surface area contributed by atoms with E-state index in [1.165, 1.54) is 27.1 Å². The molecule has 106 valence electrons. The second-order valence-electron chi connectivity index (χ2n) is 3.76. The number of carboxylic acid groups (broad SMARTS) is 1. The maximum absolute atomic E-state index is 11.9. The molecule has 9 heteroatoms. The van der Waals surface area contributed by atoms with Crippen molar-refractivity contribution in [3.63, 3.8) is 0 Å². The molecular weight excluding hydrogens is 276 g/mol. The fourth-order valence-corrected chi connectivity index (χ4v) is 1.84. The van der Waals surface area contributed by atoms with Gasteiger partial charge in [-0.15, -0.1) is 0 Å². The molecule has 2 N–H and O–H groups in total. The van der Waals surface area contributed by atoms with Gasteiger partial charge in [0.2, 0.25) is 5.09 Å². The Balaban J connectivity index is 3.00. The third kappa shape index (κ3) is 3.12. The summed E-state index contributed by atoms with van der Waals surface area (Å²) in [5.41, 5.74) is 0. The molecule has 0 aromatic carbocycles. The van der Waals surface area contributed by atoms with Gasteiger partial charge in [-0.05, 0) is 26.1 Å². The molecule has 0 saturated carbocycles. The number of furan rings is 1. The van der Waals surface area contributed by atoms with E-state index in [-0.39, 0.29) is 5.76 Å². The highest BCUT2D eigenvalue weighted by atomic mass is 32.2. The molecule has 1 aromatic rings. The number of carboxylic acids is 1. The van der Waals surface area contributed by atoms with E-state index in [1.807, 2.05) is 4.72 Å². The molecule has 19 heavy (non-hydrogen) atoms. The summed E-state index contributed by atoms with van der Waals surface area (Å²) in [5.74, 6) is -2.14. The standard InChI is InChI=1S/C10H14N2O6S/c1-6(10(14)15)12(3)9(13)7-4-5-8(18-7)19(16,17)11-2/h4-6,11H,1-3H3,(H,14,15). The van der Waals surface area contributed by atoms with Crippen LogP contribution in [0.1, 0.15) is 17.5 Å². The van der Waals surface area contributed by atoms with Crippen molar-refractivity contribution in [1.29, 1.82) is 0 Å². The van der Waals surface area contributed by atoms with Crippen LogP contribution in [-0.4, -0.2) is 50.4 Å². The Labute approximate surface area is 110 Å². The van der Waals surface area contributed by atoms with Gasteiger partial charge in [0, 0.05) is 7.05 Å². The van der Waals surface area contributed by atoms with E-state index in [0.717, 1.165) is 11.0 Å². The highest BCUT2D eigenvalue weighted by Gasteiger charge is 2.26. The maximum Gasteiger partial charge on any atom is 0.326 e. The summed E-state index contributed by atoms with van der Waals surface area (Å²) in [6.07, 6.45) is 0. The lowest BCUT2D eigenvalue weighted by Gasteiger charge is -2.19. The van der Waals surface area contributed by atoms with Gasteiger partial charge in [0.25, 0.3) is 15.9 Å². The lowest BCUT2D eigenvalue weighted by atomic mass is 10.3. The summed E-state index contributed by atoms with van der Waals surface area (Å²) in [5, 5.41) is 8.38. The first-order chi connectivity index (χ1) is 8.70. The van der Waals surface area contributed by atoms with Crippen LogP contribution in [0, 0.1) is 0 Å². The topological polar surface area (TPSA) is 117 Å². The van der Waals surface area contributed by atoms with Crippen LogP contribution >= 0.6 is 0 Å². The Bertz CT molecular complexity index is 591. The van der Waals surface area contributed by atoms with E-state index >= 15 is 0 Å². The summed E-state index contributed by atoms with van der Waals surface area (Å²) < 4.78 is 29.8. The van der Waals surface area contributed by atoms with Crippen LogP contribution in [0.15, 0.2) is 21.6 Å². The normalized spacial score (nSPS) is 13.0. The van der Waals surface area contributed by atoms with Crippen LogP contribution in [0.25, 0.3) is 0 Å².